The molecule has 0 heterocycles. The van der Waals surface area contributed by atoms with Crippen LogP contribution in [-0.4, -0.2) is 18.5 Å². The van der Waals surface area contributed by atoms with Gasteiger partial charge in [0.2, 0.25) is 5.91 Å². The highest BCUT2D eigenvalue weighted by atomic mass is 16.2. The lowest BCUT2D eigenvalue weighted by Gasteiger charge is -2.26. The van der Waals surface area contributed by atoms with Gasteiger partial charge >= 0.3 is 0 Å². The minimum absolute atomic E-state index is 0.0385. The minimum atomic E-state index is -0.290. The molecule has 1 atom stereocenters. The Morgan fingerprint density at radius 2 is 1.75 bits per heavy atom. The molecule has 0 aliphatic rings. The Balaban J connectivity index is 4.02. The maximum Gasteiger partial charge on any atom is 0.225 e. The van der Waals surface area contributed by atoms with Crippen LogP contribution in [0.5, 0.6) is 0 Å². The molecule has 1 unspecified atom stereocenters. The highest BCUT2D eigenvalue weighted by Crippen LogP contribution is 2.21. The standard InChI is InChI=1S/C13H28N2O/c1-7-13(5,6)11(16)15-9-10(14)8-12(2,3)4/h10H,7-9,14H2,1-6H3,(H,15,16). The number of rotatable bonds is 5. The molecular formula is C13H28N2O. The molecule has 96 valence electrons. The van der Waals surface area contributed by atoms with E-state index >= 15 is 0 Å². The Kier molecular flexibility index (Phi) is 5.47. The maximum atomic E-state index is 11.8. The molecule has 0 aromatic heterocycles. The van der Waals surface area contributed by atoms with Gasteiger partial charge in [0, 0.05) is 18.0 Å². The first kappa shape index (κ1) is 15.4. The van der Waals surface area contributed by atoms with Gasteiger partial charge in [-0.3, -0.25) is 4.79 Å². The summed E-state index contributed by atoms with van der Waals surface area (Å²) in [6, 6.07) is 0.0385. The van der Waals surface area contributed by atoms with Gasteiger partial charge in [0.1, 0.15) is 0 Å². The van der Waals surface area contributed by atoms with Crippen molar-refractivity contribution in [1.82, 2.24) is 5.32 Å². The van der Waals surface area contributed by atoms with Crippen molar-refractivity contribution >= 4 is 5.91 Å². The van der Waals surface area contributed by atoms with Crippen LogP contribution in [0.25, 0.3) is 0 Å². The van der Waals surface area contributed by atoms with Crippen LogP contribution < -0.4 is 11.1 Å². The predicted octanol–water partition coefficient (Wildman–Crippen LogP) is 2.30. The average Bonchev–Trinajstić information content (AvgIpc) is 2.11. The summed E-state index contributed by atoms with van der Waals surface area (Å²) < 4.78 is 0. The fourth-order valence-electron chi connectivity index (χ4n) is 1.48. The zero-order chi connectivity index (χ0) is 13.0. The van der Waals surface area contributed by atoms with Gasteiger partial charge < -0.3 is 11.1 Å². The van der Waals surface area contributed by atoms with E-state index in [1.54, 1.807) is 0 Å². The quantitative estimate of drug-likeness (QED) is 0.758. The fraction of sp³-hybridized carbons (Fsp3) is 0.923. The molecule has 0 spiro atoms. The van der Waals surface area contributed by atoms with Crippen LogP contribution in [0.15, 0.2) is 0 Å². The van der Waals surface area contributed by atoms with Gasteiger partial charge in [-0.1, -0.05) is 41.5 Å². The molecule has 0 rings (SSSR count). The van der Waals surface area contributed by atoms with E-state index in [4.69, 9.17) is 5.73 Å². The summed E-state index contributed by atoms with van der Waals surface area (Å²) in [5.74, 6) is 0.0966. The molecule has 0 radical (unpaired) electrons. The number of hydrogen-bond acceptors (Lipinski definition) is 2. The maximum absolute atomic E-state index is 11.8. The predicted molar refractivity (Wildman–Crippen MR) is 69.1 cm³/mol. The number of carbonyl (C=O) groups excluding carboxylic acids is 1. The molecule has 0 saturated heterocycles. The second-order valence-electron chi connectivity index (χ2n) is 6.47. The highest BCUT2D eigenvalue weighted by Gasteiger charge is 2.25. The molecule has 0 fully saturated rings. The Labute approximate surface area is 100 Å². The lowest BCUT2D eigenvalue weighted by Crippen LogP contribution is -2.44. The van der Waals surface area contributed by atoms with Crippen LogP contribution in [0.4, 0.5) is 0 Å². The smallest absolute Gasteiger partial charge is 0.225 e. The summed E-state index contributed by atoms with van der Waals surface area (Å²) in [5.41, 5.74) is 5.90. The minimum Gasteiger partial charge on any atom is -0.354 e. The van der Waals surface area contributed by atoms with E-state index in [1.807, 2.05) is 20.8 Å². The summed E-state index contributed by atoms with van der Waals surface area (Å²) >= 11 is 0. The van der Waals surface area contributed by atoms with E-state index in [9.17, 15) is 4.79 Å². The molecule has 3 heteroatoms. The number of amides is 1. The van der Waals surface area contributed by atoms with Crippen molar-refractivity contribution in [3.63, 3.8) is 0 Å². The first-order valence-corrected chi connectivity index (χ1v) is 6.12. The molecule has 0 aromatic rings. The normalized spacial score (nSPS) is 14.7. The van der Waals surface area contributed by atoms with Crippen molar-refractivity contribution in [2.75, 3.05) is 6.54 Å². The van der Waals surface area contributed by atoms with E-state index in [1.165, 1.54) is 0 Å². The van der Waals surface area contributed by atoms with Crippen LogP contribution >= 0.6 is 0 Å². The summed E-state index contributed by atoms with van der Waals surface area (Å²) in [6.45, 7) is 13.0. The number of hydrogen-bond donors (Lipinski definition) is 2. The first-order chi connectivity index (χ1) is 7.08. The van der Waals surface area contributed by atoms with Crippen molar-refractivity contribution in [1.29, 1.82) is 0 Å². The number of nitrogens with one attached hydrogen (secondary N) is 1. The van der Waals surface area contributed by atoms with E-state index in [0.29, 0.717) is 6.54 Å². The SMILES string of the molecule is CCC(C)(C)C(=O)NCC(N)CC(C)(C)C. The van der Waals surface area contributed by atoms with Crippen molar-refractivity contribution in [3.05, 3.63) is 0 Å². The summed E-state index contributed by atoms with van der Waals surface area (Å²) in [5, 5.41) is 2.93. The fourth-order valence-corrected chi connectivity index (χ4v) is 1.48. The number of nitrogens with two attached hydrogens (primary N) is 1. The molecule has 0 aliphatic carbocycles. The second-order valence-corrected chi connectivity index (χ2v) is 6.47. The van der Waals surface area contributed by atoms with Gasteiger partial charge in [0.05, 0.1) is 0 Å². The molecular weight excluding hydrogens is 200 g/mol. The molecule has 0 aliphatic heterocycles. The largest absolute Gasteiger partial charge is 0.354 e. The van der Waals surface area contributed by atoms with Gasteiger partial charge in [-0.15, -0.1) is 0 Å². The Morgan fingerprint density at radius 1 is 1.25 bits per heavy atom. The summed E-state index contributed by atoms with van der Waals surface area (Å²) in [7, 11) is 0. The van der Waals surface area contributed by atoms with Gasteiger partial charge in [0.15, 0.2) is 0 Å². The van der Waals surface area contributed by atoms with Crippen LogP contribution in [0.1, 0.15) is 54.4 Å². The van der Waals surface area contributed by atoms with Gasteiger partial charge in [0.25, 0.3) is 0 Å². The van der Waals surface area contributed by atoms with Crippen LogP contribution in [-0.2, 0) is 4.79 Å². The molecule has 0 saturated carbocycles. The van der Waals surface area contributed by atoms with Gasteiger partial charge in [-0.05, 0) is 18.3 Å². The molecule has 0 aromatic carbocycles. The first-order valence-electron chi connectivity index (χ1n) is 6.12. The summed E-state index contributed by atoms with van der Waals surface area (Å²) in [6.07, 6.45) is 1.76. The Bertz CT molecular complexity index is 229. The third-order valence-electron chi connectivity index (χ3n) is 2.90. The van der Waals surface area contributed by atoms with Crippen molar-refractivity contribution in [2.45, 2.75) is 60.4 Å². The molecule has 1 amide bonds. The second kappa shape index (κ2) is 5.67. The van der Waals surface area contributed by atoms with Gasteiger partial charge in [-0.25, -0.2) is 0 Å². The third kappa shape index (κ3) is 6.11. The van der Waals surface area contributed by atoms with E-state index in [2.05, 4.69) is 26.1 Å². The van der Waals surface area contributed by atoms with Crippen LogP contribution in [0, 0.1) is 10.8 Å². The van der Waals surface area contributed by atoms with Crippen molar-refractivity contribution in [2.24, 2.45) is 16.6 Å². The highest BCUT2D eigenvalue weighted by molar-refractivity contribution is 5.81. The molecule has 16 heavy (non-hydrogen) atoms. The zero-order valence-electron chi connectivity index (χ0n) is 11.7. The van der Waals surface area contributed by atoms with Crippen LogP contribution in [0.2, 0.25) is 0 Å². The Morgan fingerprint density at radius 3 is 2.12 bits per heavy atom. The lowest BCUT2D eigenvalue weighted by atomic mass is 9.87. The zero-order valence-corrected chi connectivity index (χ0v) is 11.7. The van der Waals surface area contributed by atoms with Gasteiger partial charge in [-0.2, -0.15) is 0 Å². The summed E-state index contributed by atoms with van der Waals surface area (Å²) in [4.78, 5) is 11.8. The molecule has 0 bridgehead atoms. The molecule has 3 nitrogen and oxygen atoms in total. The monoisotopic (exact) mass is 228 g/mol. The topological polar surface area (TPSA) is 55.1 Å². The Hall–Kier alpha value is -0.570. The number of carbonyl (C=O) groups is 1. The van der Waals surface area contributed by atoms with E-state index in [-0.39, 0.29) is 22.8 Å². The molecule has 3 N–H and O–H groups in total. The van der Waals surface area contributed by atoms with Crippen LogP contribution in [0.3, 0.4) is 0 Å². The third-order valence-corrected chi connectivity index (χ3v) is 2.90. The lowest BCUT2D eigenvalue weighted by molar-refractivity contribution is -0.129. The van der Waals surface area contributed by atoms with E-state index in [0.717, 1.165) is 12.8 Å². The van der Waals surface area contributed by atoms with Crippen molar-refractivity contribution in [3.8, 4) is 0 Å². The van der Waals surface area contributed by atoms with Crippen molar-refractivity contribution < 1.29 is 4.79 Å². The van der Waals surface area contributed by atoms with E-state index < -0.39 is 0 Å². The average molecular weight is 228 g/mol.